The number of carbonyl (C=O) groups is 4. The lowest BCUT2D eigenvalue weighted by Gasteiger charge is -2.45. The van der Waals surface area contributed by atoms with Crippen molar-refractivity contribution in [1.29, 1.82) is 0 Å². The summed E-state index contributed by atoms with van der Waals surface area (Å²) in [7, 11) is 0.209. The van der Waals surface area contributed by atoms with Gasteiger partial charge >= 0.3 is 18.0 Å². The topological polar surface area (TPSA) is 293 Å². The molecular formula is C65H110N4O20S. The molecule has 0 aliphatic carbocycles. The number of rotatable bonds is 21. The zero-order valence-corrected chi connectivity index (χ0v) is 58.1. The van der Waals surface area contributed by atoms with Crippen LogP contribution in [0, 0.1) is 46.8 Å². The van der Waals surface area contributed by atoms with Crippen LogP contribution in [0.15, 0.2) is 40.4 Å². The smallest absolute Gasteiger partial charge is 0.408 e. The zero-order valence-electron chi connectivity index (χ0n) is 57.3. The van der Waals surface area contributed by atoms with Crippen LogP contribution in [-0.4, -0.2) is 204 Å². The fourth-order valence-corrected chi connectivity index (χ4v) is 14.2. The standard InChI is InChI=1S/C65H110N4O20S/c1-35(2)27-48(70)85-54-42(9)53(37(4)32-81-61-57(79-20)56(78-19)50(71)45(12)84-61)87-59(74)44(11)55(86-49-28-38(5)69(31-40(7)82-49)34-63(13,14)15)41(8)52(88-60-51(72)47(68-80-21)29-39(6)83-60)36(3)30-65(18,58(73)43(54)10)89-62(75)67-64(16,17)33-66-90(76,77)46-25-23-22-24-26-46/h22-26,35-45,49-57,60-61,66,71-72H,27-34H2,1-21H3,(H,67,75)/b68-47+/t36-,37?,38+,39+,40-,41+,42-,43+,44+,45+,49-,50+,51+,52-,53+,54+,55-,56+,57+,60-,61+,65-/m0/s1. The molecule has 22 atom stereocenters. The minimum absolute atomic E-state index is 0.0130. The lowest BCUT2D eigenvalue weighted by Crippen LogP contribution is -2.59. The van der Waals surface area contributed by atoms with Crippen molar-refractivity contribution < 1.29 is 94.8 Å². The minimum atomic E-state index is -4.04. The molecule has 4 heterocycles. The highest BCUT2D eigenvalue weighted by Crippen LogP contribution is 2.41. The largest absolute Gasteiger partial charge is 0.461 e. The van der Waals surface area contributed by atoms with Crippen molar-refractivity contribution in [2.24, 2.45) is 52.0 Å². The van der Waals surface area contributed by atoms with Gasteiger partial charge in [0.2, 0.25) is 10.0 Å². The number of aliphatic hydroxyl groups is 2. The Bertz CT molecular complexity index is 2610. The Morgan fingerprint density at radius 2 is 1.46 bits per heavy atom. The number of oxime groups is 1. The van der Waals surface area contributed by atoms with E-state index in [2.05, 4.69) is 47.8 Å². The van der Waals surface area contributed by atoms with E-state index in [1.165, 1.54) is 40.4 Å². The Morgan fingerprint density at radius 3 is 2.06 bits per heavy atom. The molecule has 1 unspecified atom stereocenters. The summed E-state index contributed by atoms with van der Waals surface area (Å²) in [4.78, 5) is 68.2. The molecule has 0 saturated carbocycles. The first-order valence-electron chi connectivity index (χ1n) is 32.0. The number of alkyl carbamates (subject to hydrolysis) is 1. The molecule has 1 amide bonds. The SMILES string of the molecule is CO/N=C1\C[C@@H](C)O[C@@H](O[C@@H]2[C@@H](C)[C@H](O[C@H]3C[C@@H](C)N(CC(C)(C)C)C[C@H](C)O3)[C@@H](C)C(=O)O[C@H](C(C)CO[C@@H]3O[C@H](C)[C@@H](O)[C@@H](OC)[C@H]3OC)[C@H](C)[C@@H](OC(=O)CC(C)C)[C@@H](C)C(=O)[C@@](C)(OC(=O)NC(C)(C)CNS(=O)(=O)c3ccccc3)C[C@@H]2C)[C@@H]1O. The maximum Gasteiger partial charge on any atom is 0.408 e. The number of hydrogen-bond acceptors (Lipinski definition) is 22. The molecule has 4 N–H and O–H groups in total. The second kappa shape index (κ2) is 32.9. The van der Waals surface area contributed by atoms with Crippen molar-refractivity contribution in [1.82, 2.24) is 14.9 Å². The van der Waals surface area contributed by atoms with Crippen molar-refractivity contribution in [3.05, 3.63) is 30.3 Å². The van der Waals surface area contributed by atoms with E-state index in [-0.39, 0.29) is 66.5 Å². The van der Waals surface area contributed by atoms with Gasteiger partial charge in [-0.3, -0.25) is 19.3 Å². The molecule has 0 bridgehead atoms. The lowest BCUT2D eigenvalue weighted by atomic mass is 9.74. The molecule has 90 heavy (non-hydrogen) atoms. The van der Waals surface area contributed by atoms with E-state index in [1.54, 1.807) is 80.5 Å². The highest BCUT2D eigenvalue weighted by Gasteiger charge is 2.53. The summed E-state index contributed by atoms with van der Waals surface area (Å²) < 4.78 is 101. The monoisotopic (exact) mass is 1300 g/mol. The number of carbonyl (C=O) groups excluding carboxylic acids is 4. The maximum atomic E-state index is 16.1. The number of sulfonamides is 1. The molecule has 1 aromatic carbocycles. The van der Waals surface area contributed by atoms with Gasteiger partial charge < -0.3 is 72.5 Å². The molecule has 4 aliphatic rings. The van der Waals surface area contributed by atoms with Crippen molar-refractivity contribution in [2.45, 2.75) is 258 Å². The Labute approximate surface area is 535 Å². The molecule has 0 aromatic heterocycles. The number of amides is 1. The first kappa shape index (κ1) is 76.7. The fraction of sp³-hybridized carbons (Fsp3) is 0.831. The second-order valence-corrected chi connectivity index (χ2v) is 30.1. The molecule has 516 valence electrons. The summed E-state index contributed by atoms with van der Waals surface area (Å²) in [5.74, 6) is -8.14. The number of esters is 2. The zero-order chi connectivity index (χ0) is 67.5. The number of ether oxygens (including phenoxy) is 11. The van der Waals surface area contributed by atoms with E-state index in [4.69, 9.17) is 56.9 Å². The van der Waals surface area contributed by atoms with Crippen molar-refractivity contribution in [3.63, 3.8) is 0 Å². The summed E-state index contributed by atoms with van der Waals surface area (Å²) in [6, 6.07) is 7.70. The van der Waals surface area contributed by atoms with E-state index < -0.39 is 160 Å². The highest BCUT2D eigenvalue weighted by atomic mass is 32.2. The van der Waals surface area contributed by atoms with Crippen LogP contribution in [0.3, 0.4) is 0 Å². The number of hydrogen-bond donors (Lipinski definition) is 4. The van der Waals surface area contributed by atoms with Crippen LogP contribution < -0.4 is 10.0 Å². The van der Waals surface area contributed by atoms with Gasteiger partial charge in [0.05, 0.1) is 65.1 Å². The number of aliphatic hydroxyl groups excluding tert-OH is 2. The number of methoxy groups -OCH3 is 2. The van der Waals surface area contributed by atoms with E-state index in [0.717, 1.165) is 6.54 Å². The van der Waals surface area contributed by atoms with Crippen LogP contribution in [0.4, 0.5) is 4.79 Å². The summed E-state index contributed by atoms with van der Waals surface area (Å²) in [6.07, 6.45) is -14.8. The quantitative estimate of drug-likeness (QED) is 0.0538. The molecule has 1 aromatic rings. The Morgan fingerprint density at radius 1 is 0.811 bits per heavy atom. The third-order valence-electron chi connectivity index (χ3n) is 17.6. The predicted molar refractivity (Wildman–Crippen MR) is 334 cm³/mol. The van der Waals surface area contributed by atoms with Crippen molar-refractivity contribution in [3.8, 4) is 0 Å². The predicted octanol–water partition coefficient (Wildman–Crippen LogP) is 7.18. The fourth-order valence-electron chi connectivity index (χ4n) is 13.0. The van der Waals surface area contributed by atoms with Gasteiger partial charge in [0.25, 0.3) is 0 Å². The van der Waals surface area contributed by atoms with E-state index in [0.29, 0.717) is 13.0 Å². The van der Waals surface area contributed by atoms with Crippen LogP contribution in [0.5, 0.6) is 0 Å². The number of cyclic esters (lactones) is 1. The summed E-state index contributed by atoms with van der Waals surface area (Å²) in [5.41, 5.74) is -3.25. The first-order valence-corrected chi connectivity index (χ1v) is 33.5. The maximum absolute atomic E-state index is 16.1. The third kappa shape index (κ3) is 20.8. The van der Waals surface area contributed by atoms with E-state index >= 15 is 9.59 Å². The number of nitrogens with one attached hydrogen (secondary N) is 2. The average Bonchev–Trinajstić information content (AvgIpc) is 0.859. The Kier molecular flexibility index (Phi) is 28.1. The van der Waals surface area contributed by atoms with Gasteiger partial charge in [0.1, 0.15) is 43.7 Å². The molecule has 4 saturated heterocycles. The first-order chi connectivity index (χ1) is 41.9. The van der Waals surface area contributed by atoms with Crippen LogP contribution in [0.2, 0.25) is 0 Å². The van der Waals surface area contributed by atoms with Gasteiger partial charge in [-0.1, -0.05) is 92.6 Å². The third-order valence-corrected chi connectivity index (χ3v) is 19.0. The Balaban J connectivity index is 1.72. The van der Waals surface area contributed by atoms with Crippen LogP contribution in [0.25, 0.3) is 0 Å². The van der Waals surface area contributed by atoms with Crippen LogP contribution in [-0.2, 0) is 81.3 Å². The molecule has 5 rings (SSSR count). The number of ketones is 1. The van der Waals surface area contributed by atoms with Gasteiger partial charge in [-0.15, -0.1) is 0 Å². The van der Waals surface area contributed by atoms with Crippen LogP contribution >= 0.6 is 0 Å². The molecule has 25 heteroatoms. The van der Waals surface area contributed by atoms with Gasteiger partial charge in [0.15, 0.2) is 30.3 Å². The summed E-state index contributed by atoms with van der Waals surface area (Å²) >= 11 is 0. The van der Waals surface area contributed by atoms with Gasteiger partial charge in [-0.05, 0) is 91.2 Å². The highest BCUT2D eigenvalue weighted by molar-refractivity contribution is 7.89. The summed E-state index contributed by atoms with van der Waals surface area (Å²) in [6.45, 7) is 33.7. The van der Waals surface area contributed by atoms with Gasteiger partial charge in [-0.25, -0.2) is 17.9 Å². The normalized spacial score (nSPS) is 36.7. The molecule has 4 fully saturated rings. The molecule has 0 spiro atoms. The average molecular weight is 1300 g/mol. The number of Topliss-reactive ketones (excluding diaryl/α,β-unsaturated/α-hetero) is 1. The van der Waals surface area contributed by atoms with E-state index in [9.17, 15) is 28.2 Å². The van der Waals surface area contributed by atoms with Gasteiger partial charge in [0, 0.05) is 76.9 Å². The molecule has 24 nitrogen and oxygen atoms in total. The summed E-state index contributed by atoms with van der Waals surface area (Å²) in [5, 5.41) is 29.9. The molecule has 4 aliphatic heterocycles. The second-order valence-electron chi connectivity index (χ2n) is 28.4. The Hall–Kier alpha value is -3.96. The van der Waals surface area contributed by atoms with E-state index in [1.807, 2.05) is 27.7 Å². The number of nitrogens with zero attached hydrogens (tertiary/aromatic N) is 2. The van der Waals surface area contributed by atoms with Crippen molar-refractivity contribution in [2.75, 3.05) is 47.6 Å². The minimum Gasteiger partial charge on any atom is -0.461 e. The molecule has 0 radical (unpaired) electrons. The molecular weight excluding hydrogens is 1190 g/mol. The number of benzene rings is 1. The van der Waals surface area contributed by atoms with Gasteiger partial charge in [-0.2, -0.15) is 0 Å². The van der Waals surface area contributed by atoms with Crippen molar-refractivity contribution >= 4 is 39.6 Å². The lowest BCUT2D eigenvalue weighted by molar-refractivity contribution is -0.305. The van der Waals surface area contributed by atoms with Crippen LogP contribution in [0.1, 0.15) is 150 Å².